The summed E-state index contributed by atoms with van der Waals surface area (Å²) in [6.07, 6.45) is 10.6. The van der Waals surface area contributed by atoms with Crippen molar-refractivity contribution in [1.82, 2.24) is 20.4 Å². The maximum Gasteiger partial charge on any atom is 0.258 e. The van der Waals surface area contributed by atoms with E-state index in [1.807, 2.05) is 46.1 Å². The van der Waals surface area contributed by atoms with Gasteiger partial charge < -0.3 is 14.6 Å². The lowest BCUT2D eigenvalue weighted by Crippen LogP contribution is -2.23. The van der Waals surface area contributed by atoms with Gasteiger partial charge in [0, 0.05) is 17.2 Å². The normalized spacial score (nSPS) is 16.4. The molecule has 2 heterocycles. The number of terminal acetylenes is 1. The SMILES string of the molecule is C#Cc1cc(-c2nc(-c3cccc4c3CCC4N3CCCC3)no2)ccc1OC(C)C.CC(C)C.CNC. The number of aromatic nitrogens is 2. The first-order valence-corrected chi connectivity index (χ1v) is 13.8. The van der Waals surface area contributed by atoms with Crippen LogP contribution in [0.15, 0.2) is 40.9 Å². The van der Waals surface area contributed by atoms with Gasteiger partial charge in [-0.3, -0.25) is 4.90 Å². The highest BCUT2D eigenvalue weighted by Gasteiger charge is 2.31. The van der Waals surface area contributed by atoms with E-state index in [-0.39, 0.29) is 6.10 Å². The summed E-state index contributed by atoms with van der Waals surface area (Å²) in [5, 5.41) is 7.06. The molecule has 204 valence electrons. The molecule has 2 aromatic carbocycles. The van der Waals surface area contributed by atoms with Crippen molar-refractivity contribution in [2.75, 3.05) is 27.2 Å². The summed E-state index contributed by atoms with van der Waals surface area (Å²) in [6.45, 7) is 12.9. The fraction of sp³-hybridized carbons (Fsp3) is 0.500. The third kappa shape index (κ3) is 7.46. The molecule has 2 aliphatic rings. The molecular formula is C32H44N4O2. The van der Waals surface area contributed by atoms with E-state index in [9.17, 15) is 0 Å². The van der Waals surface area contributed by atoms with Gasteiger partial charge in [-0.1, -0.05) is 50.0 Å². The zero-order valence-electron chi connectivity index (χ0n) is 24.2. The van der Waals surface area contributed by atoms with E-state index in [2.05, 4.69) is 60.3 Å². The highest BCUT2D eigenvalue weighted by Crippen LogP contribution is 2.41. The number of nitrogens with one attached hydrogen (secondary N) is 1. The number of rotatable bonds is 5. The molecule has 1 aliphatic carbocycles. The smallest absolute Gasteiger partial charge is 0.258 e. The predicted octanol–water partition coefficient (Wildman–Crippen LogP) is 6.75. The topological polar surface area (TPSA) is 63.4 Å². The number of likely N-dealkylation sites (tertiary alicyclic amines) is 1. The van der Waals surface area contributed by atoms with Gasteiger partial charge >= 0.3 is 0 Å². The Kier molecular flexibility index (Phi) is 10.9. The molecule has 0 amide bonds. The predicted molar refractivity (Wildman–Crippen MR) is 156 cm³/mol. The molecule has 1 fully saturated rings. The molecule has 6 nitrogen and oxygen atoms in total. The first-order chi connectivity index (χ1) is 18.3. The van der Waals surface area contributed by atoms with Gasteiger partial charge in [-0.2, -0.15) is 4.98 Å². The van der Waals surface area contributed by atoms with Gasteiger partial charge in [0.1, 0.15) is 5.75 Å². The van der Waals surface area contributed by atoms with Crippen molar-refractivity contribution in [3.05, 3.63) is 53.1 Å². The number of hydrogen-bond donors (Lipinski definition) is 1. The lowest BCUT2D eigenvalue weighted by atomic mass is 10.0. The maximum absolute atomic E-state index is 5.79. The molecule has 0 spiro atoms. The minimum absolute atomic E-state index is 0.0533. The molecule has 0 radical (unpaired) electrons. The molecule has 6 heteroatoms. The monoisotopic (exact) mass is 516 g/mol. The van der Waals surface area contributed by atoms with Crippen LogP contribution >= 0.6 is 0 Å². The molecule has 38 heavy (non-hydrogen) atoms. The maximum atomic E-state index is 5.79. The van der Waals surface area contributed by atoms with Crippen molar-refractivity contribution in [3.63, 3.8) is 0 Å². The van der Waals surface area contributed by atoms with Crippen LogP contribution in [0.5, 0.6) is 5.75 Å². The average Bonchev–Trinajstić information content (AvgIpc) is 3.64. The Morgan fingerprint density at radius 2 is 1.76 bits per heavy atom. The van der Waals surface area contributed by atoms with Crippen LogP contribution in [-0.2, 0) is 6.42 Å². The summed E-state index contributed by atoms with van der Waals surface area (Å²) < 4.78 is 11.4. The summed E-state index contributed by atoms with van der Waals surface area (Å²) in [4.78, 5) is 7.34. The fourth-order valence-corrected chi connectivity index (χ4v) is 4.86. The van der Waals surface area contributed by atoms with Crippen LogP contribution in [0, 0.1) is 18.3 Å². The summed E-state index contributed by atoms with van der Waals surface area (Å²) >= 11 is 0. The Bertz CT molecular complexity index is 1200. The lowest BCUT2D eigenvalue weighted by molar-refractivity contribution is 0.242. The average molecular weight is 517 g/mol. The zero-order chi connectivity index (χ0) is 27.7. The third-order valence-corrected chi connectivity index (χ3v) is 6.23. The number of benzene rings is 2. The van der Waals surface area contributed by atoms with E-state index in [4.69, 9.17) is 20.7 Å². The molecular weight excluding hydrogens is 472 g/mol. The number of fused-ring (bicyclic) bond motifs is 1. The van der Waals surface area contributed by atoms with Crippen LogP contribution in [0.25, 0.3) is 22.8 Å². The van der Waals surface area contributed by atoms with Crippen LogP contribution in [-0.4, -0.2) is 48.3 Å². The molecule has 0 saturated carbocycles. The van der Waals surface area contributed by atoms with Gasteiger partial charge in [0.2, 0.25) is 5.82 Å². The van der Waals surface area contributed by atoms with E-state index in [1.165, 1.54) is 43.5 Å². The minimum atomic E-state index is 0.0533. The van der Waals surface area contributed by atoms with Crippen molar-refractivity contribution < 1.29 is 9.26 Å². The molecule has 5 rings (SSSR count). The highest BCUT2D eigenvalue weighted by molar-refractivity contribution is 5.67. The van der Waals surface area contributed by atoms with Gasteiger partial charge in [-0.05, 0) is 102 Å². The molecule has 1 atom stereocenters. The van der Waals surface area contributed by atoms with E-state index < -0.39 is 0 Å². The molecule has 1 aromatic heterocycles. The summed E-state index contributed by atoms with van der Waals surface area (Å²) in [5.74, 6) is 5.32. The van der Waals surface area contributed by atoms with Gasteiger partial charge in [0.05, 0.1) is 11.7 Å². The van der Waals surface area contributed by atoms with E-state index in [0.717, 1.165) is 23.5 Å². The van der Waals surface area contributed by atoms with Gasteiger partial charge in [-0.25, -0.2) is 0 Å². The van der Waals surface area contributed by atoms with Crippen LogP contribution in [0.3, 0.4) is 0 Å². The van der Waals surface area contributed by atoms with Crippen molar-refractivity contribution in [2.24, 2.45) is 5.92 Å². The Morgan fingerprint density at radius 1 is 1.08 bits per heavy atom. The van der Waals surface area contributed by atoms with Gasteiger partial charge in [0.25, 0.3) is 5.89 Å². The van der Waals surface area contributed by atoms with Crippen LogP contribution in [0.1, 0.15) is 76.6 Å². The first kappa shape index (κ1) is 29.4. The van der Waals surface area contributed by atoms with Crippen molar-refractivity contribution >= 4 is 0 Å². The number of hydrogen-bond acceptors (Lipinski definition) is 6. The standard InChI is InChI=1S/C26H27N3O2.C4H10.C2H7N/c1-4-18-16-19(10-13-24(18)30-17(2)3)26-27-25(28-31-26)22-9-7-8-21-20(22)11-12-23(21)29-14-5-6-15-29;1-4(2)3;1-3-2/h1,7-10,13,16-17,23H,5-6,11-12,14-15H2,2-3H3;4H,1-3H3;3H,1-2H3. The van der Waals surface area contributed by atoms with E-state index in [0.29, 0.717) is 29.1 Å². The Morgan fingerprint density at radius 3 is 2.39 bits per heavy atom. The molecule has 1 aliphatic heterocycles. The van der Waals surface area contributed by atoms with Crippen molar-refractivity contribution in [2.45, 2.75) is 72.4 Å². The van der Waals surface area contributed by atoms with Gasteiger partial charge in [0.15, 0.2) is 0 Å². The van der Waals surface area contributed by atoms with Crippen LogP contribution in [0.4, 0.5) is 0 Å². The Labute approximate surface area is 229 Å². The number of ether oxygens (including phenoxy) is 1. The quantitative estimate of drug-likeness (QED) is 0.378. The molecule has 1 unspecified atom stereocenters. The Balaban J connectivity index is 0.000000515. The van der Waals surface area contributed by atoms with Crippen LogP contribution < -0.4 is 10.1 Å². The molecule has 1 N–H and O–H groups in total. The minimum Gasteiger partial charge on any atom is -0.490 e. The number of nitrogens with zero attached hydrogens (tertiary/aromatic N) is 3. The Hall–Kier alpha value is -3.14. The second kappa shape index (κ2) is 14.1. The van der Waals surface area contributed by atoms with E-state index >= 15 is 0 Å². The van der Waals surface area contributed by atoms with Gasteiger partial charge in [-0.15, -0.1) is 6.42 Å². The highest BCUT2D eigenvalue weighted by atomic mass is 16.5. The molecule has 0 bridgehead atoms. The third-order valence-electron chi connectivity index (χ3n) is 6.23. The van der Waals surface area contributed by atoms with Crippen molar-refractivity contribution in [3.8, 4) is 40.9 Å². The first-order valence-electron chi connectivity index (χ1n) is 13.8. The summed E-state index contributed by atoms with van der Waals surface area (Å²) in [5.41, 5.74) is 5.34. The largest absolute Gasteiger partial charge is 0.490 e. The summed E-state index contributed by atoms with van der Waals surface area (Å²) in [6, 6.07) is 12.7. The van der Waals surface area contributed by atoms with Crippen molar-refractivity contribution in [1.29, 1.82) is 0 Å². The molecule has 1 saturated heterocycles. The second-order valence-corrected chi connectivity index (χ2v) is 10.8. The molecule has 3 aromatic rings. The second-order valence-electron chi connectivity index (χ2n) is 10.8. The lowest BCUT2D eigenvalue weighted by Gasteiger charge is -2.24. The van der Waals surface area contributed by atoms with Crippen LogP contribution in [0.2, 0.25) is 0 Å². The summed E-state index contributed by atoms with van der Waals surface area (Å²) in [7, 11) is 3.75. The van der Waals surface area contributed by atoms with E-state index in [1.54, 1.807) is 0 Å². The fourth-order valence-electron chi connectivity index (χ4n) is 4.86. The zero-order valence-corrected chi connectivity index (χ0v) is 24.2.